The molecule has 1 aromatic heterocycles. The number of halogens is 2. The summed E-state index contributed by atoms with van der Waals surface area (Å²) in [6.45, 7) is 4.23. The maximum atomic E-state index is 13.7. The van der Waals surface area contributed by atoms with Crippen LogP contribution in [0.15, 0.2) is 47.1 Å². The number of hydrogen-bond acceptors (Lipinski definition) is 5. The third-order valence-corrected chi connectivity index (χ3v) is 4.56. The Morgan fingerprint density at radius 2 is 1.97 bits per heavy atom. The molecule has 1 atom stereocenters. The zero-order valence-electron chi connectivity index (χ0n) is 16.7. The third kappa shape index (κ3) is 4.76. The predicted molar refractivity (Wildman–Crippen MR) is 109 cm³/mol. The Labute approximate surface area is 173 Å². The molecule has 0 aliphatic rings. The van der Waals surface area contributed by atoms with Crippen LogP contribution in [0.25, 0.3) is 11.5 Å². The Hall–Kier alpha value is -3.42. The predicted octanol–water partition coefficient (Wildman–Crippen LogP) is 4.87. The quantitative estimate of drug-likeness (QED) is 0.405. The number of ether oxygens (including phenoxy) is 1. The Morgan fingerprint density at radius 3 is 2.67 bits per heavy atom. The number of hydrogen-bond donors (Lipinski definition) is 2. The van der Waals surface area contributed by atoms with Crippen LogP contribution in [0, 0.1) is 11.6 Å². The Balaban J connectivity index is 1.74. The number of rotatable bonds is 8. The monoisotopic (exact) mass is 415 g/mol. The highest BCUT2D eigenvalue weighted by Gasteiger charge is 2.19. The molecule has 0 saturated carbocycles. The first-order chi connectivity index (χ1) is 14.4. The van der Waals surface area contributed by atoms with Gasteiger partial charge in [0.05, 0.1) is 18.2 Å². The van der Waals surface area contributed by atoms with E-state index in [9.17, 15) is 13.6 Å². The lowest BCUT2D eigenvalue weighted by Crippen LogP contribution is -2.27. The topological polar surface area (TPSA) is 90.4 Å². The van der Waals surface area contributed by atoms with Gasteiger partial charge in [0.25, 0.3) is 5.91 Å². The number of unbranched alkanes of at least 4 members (excludes halogenated alkanes) is 1. The summed E-state index contributed by atoms with van der Waals surface area (Å²) in [6, 6.07) is 8.75. The van der Waals surface area contributed by atoms with E-state index < -0.39 is 29.3 Å². The van der Waals surface area contributed by atoms with Gasteiger partial charge in [0.2, 0.25) is 5.89 Å². The molecule has 158 valence electrons. The number of carbonyl (C=O) groups is 1. The number of amides is 1. The fourth-order valence-electron chi connectivity index (χ4n) is 2.81. The van der Waals surface area contributed by atoms with Crippen molar-refractivity contribution in [1.82, 2.24) is 10.3 Å². The summed E-state index contributed by atoms with van der Waals surface area (Å²) in [4.78, 5) is 16.8. The van der Waals surface area contributed by atoms with E-state index in [0.29, 0.717) is 17.9 Å². The summed E-state index contributed by atoms with van der Waals surface area (Å²) in [6.07, 6.45) is 3.15. The molecule has 0 aliphatic heterocycles. The summed E-state index contributed by atoms with van der Waals surface area (Å²) in [5.41, 5.74) is 5.63. The lowest BCUT2D eigenvalue weighted by atomic mass is 10.1. The molecular formula is C22H23F2N3O3. The van der Waals surface area contributed by atoms with Gasteiger partial charge in [-0.25, -0.2) is 13.8 Å². The summed E-state index contributed by atoms with van der Waals surface area (Å²) in [5.74, 6) is -1.45. The average Bonchev–Trinajstić information content (AvgIpc) is 3.22. The molecule has 3 rings (SSSR count). The van der Waals surface area contributed by atoms with Gasteiger partial charge in [0, 0.05) is 0 Å². The second kappa shape index (κ2) is 9.39. The van der Waals surface area contributed by atoms with E-state index in [-0.39, 0.29) is 17.1 Å². The van der Waals surface area contributed by atoms with Gasteiger partial charge in [-0.3, -0.25) is 4.79 Å². The molecule has 30 heavy (non-hydrogen) atoms. The highest BCUT2D eigenvalue weighted by atomic mass is 19.1. The minimum Gasteiger partial charge on any atom is -0.493 e. The molecule has 0 bridgehead atoms. The second-order valence-corrected chi connectivity index (χ2v) is 6.83. The molecule has 8 heteroatoms. The Morgan fingerprint density at radius 1 is 1.27 bits per heavy atom. The number of nitrogens with one attached hydrogen (secondary N) is 1. The van der Waals surface area contributed by atoms with E-state index in [0.717, 1.165) is 25.0 Å². The van der Waals surface area contributed by atoms with Crippen molar-refractivity contribution >= 4 is 11.6 Å². The molecule has 0 fully saturated rings. The highest BCUT2D eigenvalue weighted by molar-refractivity contribution is 5.92. The summed E-state index contributed by atoms with van der Waals surface area (Å²) in [7, 11) is 0. The molecule has 0 radical (unpaired) electrons. The van der Waals surface area contributed by atoms with Gasteiger partial charge in [-0.05, 0) is 43.2 Å². The van der Waals surface area contributed by atoms with E-state index in [2.05, 4.69) is 17.2 Å². The summed E-state index contributed by atoms with van der Waals surface area (Å²) in [5, 5.41) is 2.64. The van der Waals surface area contributed by atoms with Crippen LogP contribution in [0.5, 0.6) is 5.75 Å². The molecule has 1 heterocycles. The first-order valence-corrected chi connectivity index (χ1v) is 9.63. The molecule has 6 nitrogen and oxygen atoms in total. The molecule has 3 aromatic rings. The van der Waals surface area contributed by atoms with Crippen LogP contribution < -0.4 is 15.8 Å². The van der Waals surface area contributed by atoms with Crippen molar-refractivity contribution in [2.75, 3.05) is 12.3 Å². The second-order valence-electron chi connectivity index (χ2n) is 6.83. The van der Waals surface area contributed by atoms with Crippen molar-refractivity contribution in [1.29, 1.82) is 0 Å². The van der Waals surface area contributed by atoms with Crippen LogP contribution in [0.4, 0.5) is 14.5 Å². The fourth-order valence-corrected chi connectivity index (χ4v) is 2.81. The van der Waals surface area contributed by atoms with Crippen molar-refractivity contribution in [2.24, 2.45) is 0 Å². The lowest BCUT2D eigenvalue weighted by Gasteiger charge is -2.14. The van der Waals surface area contributed by atoms with Crippen molar-refractivity contribution in [2.45, 2.75) is 32.7 Å². The van der Waals surface area contributed by atoms with Gasteiger partial charge >= 0.3 is 0 Å². The minimum atomic E-state index is -0.880. The van der Waals surface area contributed by atoms with E-state index in [1.807, 2.05) is 12.1 Å². The summed E-state index contributed by atoms with van der Waals surface area (Å²) < 4.78 is 38.6. The zero-order valence-corrected chi connectivity index (χ0v) is 16.7. The molecular weight excluding hydrogens is 392 g/mol. The molecule has 3 N–H and O–H groups in total. The van der Waals surface area contributed by atoms with Crippen molar-refractivity contribution in [3.63, 3.8) is 0 Å². The van der Waals surface area contributed by atoms with Crippen LogP contribution in [-0.4, -0.2) is 17.5 Å². The molecule has 0 unspecified atom stereocenters. The maximum Gasteiger partial charge on any atom is 0.273 e. The SMILES string of the molecule is CCCCOc1ccccc1-c1nc(C(=O)N[C@H](C)c2cc(F)c(N)c(F)c2)co1. The zero-order chi connectivity index (χ0) is 21.7. The smallest absolute Gasteiger partial charge is 0.273 e. The van der Waals surface area contributed by atoms with E-state index in [1.54, 1.807) is 19.1 Å². The van der Waals surface area contributed by atoms with Gasteiger partial charge in [0.15, 0.2) is 5.69 Å². The molecule has 1 amide bonds. The number of nitrogen functional groups attached to an aromatic ring is 1. The normalized spacial score (nSPS) is 11.9. The van der Waals surface area contributed by atoms with Gasteiger partial charge in [-0.1, -0.05) is 25.5 Å². The molecule has 2 aromatic carbocycles. The van der Waals surface area contributed by atoms with Crippen molar-refractivity contribution in [3.8, 4) is 17.2 Å². The van der Waals surface area contributed by atoms with Gasteiger partial charge < -0.3 is 20.2 Å². The first-order valence-electron chi connectivity index (χ1n) is 9.63. The number of oxazole rings is 1. The number of nitrogens with two attached hydrogens (primary N) is 1. The third-order valence-electron chi connectivity index (χ3n) is 4.56. The number of benzene rings is 2. The van der Waals surface area contributed by atoms with Crippen LogP contribution in [0.2, 0.25) is 0 Å². The van der Waals surface area contributed by atoms with E-state index in [1.165, 1.54) is 6.26 Å². The molecule has 0 saturated heterocycles. The molecule has 0 aliphatic carbocycles. The van der Waals surface area contributed by atoms with Crippen LogP contribution in [0.1, 0.15) is 48.8 Å². The van der Waals surface area contributed by atoms with Crippen LogP contribution in [0.3, 0.4) is 0 Å². The average molecular weight is 415 g/mol. The van der Waals surface area contributed by atoms with Crippen molar-refractivity contribution in [3.05, 3.63) is 65.6 Å². The first kappa shape index (κ1) is 21.3. The van der Waals surface area contributed by atoms with E-state index >= 15 is 0 Å². The summed E-state index contributed by atoms with van der Waals surface area (Å²) >= 11 is 0. The number of nitrogens with zero attached hydrogens (tertiary/aromatic N) is 1. The van der Waals surface area contributed by atoms with Crippen LogP contribution in [-0.2, 0) is 0 Å². The standard InChI is InChI=1S/C22H23F2N3O3/c1-3-4-9-29-19-8-6-5-7-15(19)22-27-18(12-30-22)21(28)26-13(2)14-10-16(23)20(25)17(24)11-14/h5-8,10-13H,3-4,9,25H2,1-2H3,(H,26,28)/t13-/m1/s1. The lowest BCUT2D eigenvalue weighted by molar-refractivity contribution is 0.0934. The van der Waals surface area contributed by atoms with Gasteiger partial charge in [-0.2, -0.15) is 0 Å². The molecule has 0 spiro atoms. The Kier molecular flexibility index (Phi) is 6.66. The van der Waals surface area contributed by atoms with E-state index in [4.69, 9.17) is 14.9 Å². The minimum absolute atomic E-state index is 0.0385. The van der Waals surface area contributed by atoms with Gasteiger partial charge in [0.1, 0.15) is 29.3 Å². The highest BCUT2D eigenvalue weighted by Crippen LogP contribution is 2.29. The largest absolute Gasteiger partial charge is 0.493 e. The Bertz CT molecular complexity index is 1010. The number of anilines is 1. The number of carbonyl (C=O) groups excluding carboxylic acids is 1. The van der Waals surface area contributed by atoms with Crippen molar-refractivity contribution < 1.29 is 22.7 Å². The van der Waals surface area contributed by atoms with Crippen LogP contribution >= 0.6 is 0 Å². The maximum absolute atomic E-state index is 13.7. The fraction of sp³-hybridized carbons (Fsp3) is 0.273. The van der Waals surface area contributed by atoms with Gasteiger partial charge in [-0.15, -0.1) is 0 Å². The number of para-hydroxylation sites is 1. The number of aromatic nitrogens is 1.